The molecule has 16 heavy (non-hydrogen) atoms. The summed E-state index contributed by atoms with van der Waals surface area (Å²) in [6.07, 6.45) is 3.95. The Bertz CT molecular complexity index is 337. The van der Waals surface area contributed by atoms with Crippen molar-refractivity contribution in [3.8, 4) is 0 Å². The molecule has 3 nitrogen and oxygen atoms in total. The molecule has 0 aromatic carbocycles. The summed E-state index contributed by atoms with van der Waals surface area (Å²) in [7, 11) is 0. The third-order valence-electron chi connectivity index (χ3n) is 3.17. The molecule has 0 amide bonds. The van der Waals surface area contributed by atoms with Crippen LogP contribution in [-0.2, 0) is 11.2 Å². The van der Waals surface area contributed by atoms with E-state index in [-0.39, 0.29) is 6.04 Å². The molecule has 0 saturated carbocycles. The van der Waals surface area contributed by atoms with Gasteiger partial charge in [-0.25, -0.2) is 0 Å². The number of hydrogen-bond donors (Lipinski definition) is 1. The first-order chi connectivity index (χ1) is 7.77. The van der Waals surface area contributed by atoms with Gasteiger partial charge in [-0.3, -0.25) is 9.69 Å². The number of likely N-dealkylation sites (tertiary alicyclic amines) is 1. The van der Waals surface area contributed by atoms with Gasteiger partial charge in [-0.15, -0.1) is 0 Å². The van der Waals surface area contributed by atoms with E-state index in [4.69, 9.17) is 5.11 Å². The molecule has 1 atom stereocenters. The SMILES string of the molecule is O=C(O)C1CCCCN1CCc1ccsc1. The van der Waals surface area contributed by atoms with Crippen molar-refractivity contribution >= 4 is 17.3 Å². The van der Waals surface area contributed by atoms with Gasteiger partial charge in [-0.1, -0.05) is 6.42 Å². The average Bonchev–Trinajstić information content (AvgIpc) is 2.79. The number of carboxylic acid groups (broad SMARTS) is 1. The van der Waals surface area contributed by atoms with Crippen molar-refractivity contribution < 1.29 is 9.90 Å². The third kappa shape index (κ3) is 2.83. The lowest BCUT2D eigenvalue weighted by molar-refractivity contribution is -0.144. The molecule has 0 radical (unpaired) electrons. The van der Waals surface area contributed by atoms with E-state index >= 15 is 0 Å². The smallest absolute Gasteiger partial charge is 0.320 e. The number of thiophene rings is 1. The van der Waals surface area contributed by atoms with Crippen LogP contribution in [0.4, 0.5) is 0 Å². The average molecular weight is 239 g/mol. The van der Waals surface area contributed by atoms with Gasteiger partial charge < -0.3 is 5.11 Å². The minimum Gasteiger partial charge on any atom is -0.480 e. The third-order valence-corrected chi connectivity index (χ3v) is 3.90. The highest BCUT2D eigenvalue weighted by atomic mass is 32.1. The quantitative estimate of drug-likeness (QED) is 0.876. The highest BCUT2D eigenvalue weighted by Gasteiger charge is 2.27. The fourth-order valence-corrected chi connectivity index (χ4v) is 2.95. The van der Waals surface area contributed by atoms with Crippen molar-refractivity contribution in [1.82, 2.24) is 4.90 Å². The van der Waals surface area contributed by atoms with Crippen LogP contribution in [0, 0.1) is 0 Å². The van der Waals surface area contributed by atoms with E-state index < -0.39 is 5.97 Å². The number of rotatable bonds is 4. The van der Waals surface area contributed by atoms with Crippen LogP contribution in [0.25, 0.3) is 0 Å². The van der Waals surface area contributed by atoms with Crippen molar-refractivity contribution in [3.63, 3.8) is 0 Å². The molecule has 1 N–H and O–H groups in total. The fourth-order valence-electron chi connectivity index (χ4n) is 2.25. The molecule has 1 aromatic rings. The highest BCUT2D eigenvalue weighted by molar-refractivity contribution is 7.07. The number of carboxylic acids is 1. The molecule has 0 bridgehead atoms. The first-order valence-electron chi connectivity index (χ1n) is 5.75. The van der Waals surface area contributed by atoms with Crippen molar-refractivity contribution in [2.75, 3.05) is 13.1 Å². The summed E-state index contributed by atoms with van der Waals surface area (Å²) < 4.78 is 0. The number of aliphatic carboxylic acids is 1. The van der Waals surface area contributed by atoms with E-state index in [0.717, 1.165) is 38.8 Å². The zero-order chi connectivity index (χ0) is 11.4. The Morgan fingerprint density at radius 3 is 3.12 bits per heavy atom. The Morgan fingerprint density at radius 1 is 1.56 bits per heavy atom. The van der Waals surface area contributed by atoms with Crippen LogP contribution in [0.15, 0.2) is 16.8 Å². The summed E-state index contributed by atoms with van der Waals surface area (Å²) in [4.78, 5) is 13.2. The van der Waals surface area contributed by atoms with Crippen molar-refractivity contribution in [3.05, 3.63) is 22.4 Å². The molecule has 1 unspecified atom stereocenters. The van der Waals surface area contributed by atoms with Gasteiger partial charge in [0.2, 0.25) is 0 Å². The summed E-state index contributed by atoms with van der Waals surface area (Å²) in [5, 5.41) is 13.3. The fraction of sp³-hybridized carbons (Fsp3) is 0.583. The van der Waals surface area contributed by atoms with Crippen LogP contribution in [-0.4, -0.2) is 35.1 Å². The van der Waals surface area contributed by atoms with Gasteiger partial charge in [-0.05, 0) is 48.2 Å². The van der Waals surface area contributed by atoms with Crippen molar-refractivity contribution in [2.45, 2.75) is 31.7 Å². The maximum absolute atomic E-state index is 11.1. The monoisotopic (exact) mass is 239 g/mol. The predicted molar refractivity (Wildman–Crippen MR) is 64.9 cm³/mol. The summed E-state index contributed by atoms with van der Waals surface area (Å²) >= 11 is 1.70. The minimum absolute atomic E-state index is 0.257. The lowest BCUT2D eigenvalue weighted by atomic mass is 10.0. The zero-order valence-corrected chi connectivity index (χ0v) is 10.1. The molecular weight excluding hydrogens is 222 g/mol. The first-order valence-corrected chi connectivity index (χ1v) is 6.69. The molecule has 2 rings (SSSR count). The maximum atomic E-state index is 11.1. The van der Waals surface area contributed by atoms with E-state index in [1.165, 1.54) is 5.56 Å². The standard InChI is InChI=1S/C12H17NO2S/c14-12(15)11-3-1-2-6-13(11)7-4-10-5-8-16-9-10/h5,8-9,11H,1-4,6-7H2,(H,14,15). The first kappa shape index (κ1) is 11.6. The molecular formula is C12H17NO2S. The largest absolute Gasteiger partial charge is 0.480 e. The molecule has 4 heteroatoms. The lowest BCUT2D eigenvalue weighted by Gasteiger charge is -2.32. The van der Waals surface area contributed by atoms with Gasteiger partial charge in [0.25, 0.3) is 0 Å². The Kier molecular flexibility index (Phi) is 3.96. The van der Waals surface area contributed by atoms with E-state index in [0.29, 0.717) is 0 Å². The van der Waals surface area contributed by atoms with Crippen LogP contribution in [0.1, 0.15) is 24.8 Å². The molecule has 1 aliphatic rings. The van der Waals surface area contributed by atoms with Gasteiger partial charge in [0, 0.05) is 6.54 Å². The normalized spacial score (nSPS) is 22.1. The second-order valence-electron chi connectivity index (χ2n) is 4.27. The Morgan fingerprint density at radius 2 is 2.44 bits per heavy atom. The Labute approximate surface area is 99.7 Å². The molecule has 0 spiro atoms. The maximum Gasteiger partial charge on any atom is 0.320 e. The number of carbonyl (C=O) groups is 1. The van der Waals surface area contributed by atoms with Crippen molar-refractivity contribution in [2.24, 2.45) is 0 Å². The van der Waals surface area contributed by atoms with E-state index in [9.17, 15) is 4.79 Å². The summed E-state index contributed by atoms with van der Waals surface area (Å²) in [6.45, 7) is 1.80. The Balaban J connectivity index is 1.89. The summed E-state index contributed by atoms with van der Waals surface area (Å²) in [6, 6.07) is 1.86. The predicted octanol–water partition coefficient (Wildman–Crippen LogP) is 2.23. The molecule has 0 aliphatic carbocycles. The van der Waals surface area contributed by atoms with Crippen molar-refractivity contribution in [1.29, 1.82) is 0 Å². The second kappa shape index (κ2) is 5.46. The molecule has 1 fully saturated rings. The summed E-state index contributed by atoms with van der Waals surface area (Å²) in [5.41, 5.74) is 1.32. The van der Waals surface area contributed by atoms with Gasteiger partial charge in [-0.2, -0.15) is 11.3 Å². The minimum atomic E-state index is -0.662. The van der Waals surface area contributed by atoms with Gasteiger partial charge in [0.1, 0.15) is 6.04 Å². The zero-order valence-electron chi connectivity index (χ0n) is 9.26. The van der Waals surface area contributed by atoms with E-state index in [1.54, 1.807) is 11.3 Å². The number of piperidine rings is 1. The lowest BCUT2D eigenvalue weighted by Crippen LogP contribution is -2.45. The molecule has 1 saturated heterocycles. The van der Waals surface area contributed by atoms with Crippen LogP contribution >= 0.6 is 11.3 Å². The van der Waals surface area contributed by atoms with Gasteiger partial charge in [0.15, 0.2) is 0 Å². The van der Waals surface area contributed by atoms with Gasteiger partial charge in [0.05, 0.1) is 0 Å². The topological polar surface area (TPSA) is 40.5 Å². The number of nitrogens with zero attached hydrogens (tertiary/aromatic N) is 1. The molecule has 2 heterocycles. The summed E-state index contributed by atoms with van der Waals surface area (Å²) in [5.74, 6) is -0.662. The van der Waals surface area contributed by atoms with E-state index in [2.05, 4.69) is 21.7 Å². The van der Waals surface area contributed by atoms with Gasteiger partial charge >= 0.3 is 5.97 Å². The number of hydrogen-bond acceptors (Lipinski definition) is 3. The van der Waals surface area contributed by atoms with Crippen LogP contribution in [0.2, 0.25) is 0 Å². The highest BCUT2D eigenvalue weighted by Crippen LogP contribution is 2.18. The Hall–Kier alpha value is -0.870. The van der Waals surface area contributed by atoms with Crippen LogP contribution in [0.5, 0.6) is 0 Å². The molecule has 88 valence electrons. The second-order valence-corrected chi connectivity index (χ2v) is 5.05. The molecule has 1 aliphatic heterocycles. The molecule has 1 aromatic heterocycles. The van der Waals surface area contributed by atoms with Crippen LogP contribution < -0.4 is 0 Å². The van der Waals surface area contributed by atoms with Crippen LogP contribution in [0.3, 0.4) is 0 Å². The van der Waals surface area contributed by atoms with E-state index in [1.807, 2.05) is 0 Å².